The van der Waals surface area contributed by atoms with Crippen molar-refractivity contribution in [1.29, 1.82) is 0 Å². The summed E-state index contributed by atoms with van der Waals surface area (Å²) in [7, 11) is -11.3. The van der Waals surface area contributed by atoms with Gasteiger partial charge >= 0.3 is 17.9 Å². The molecule has 0 aliphatic carbocycles. The first-order valence-electron chi connectivity index (χ1n) is 36.4. The van der Waals surface area contributed by atoms with Crippen molar-refractivity contribution in [2.45, 2.75) is 254 Å². The number of nitrogens with zero attached hydrogens (tertiary/aromatic N) is 2. The van der Waals surface area contributed by atoms with Crippen LogP contribution in [0.2, 0.25) is 0 Å². The summed E-state index contributed by atoms with van der Waals surface area (Å²) in [6.07, 6.45) is 16.7. The maximum absolute atomic E-state index is 14.2. The number of fused-ring (bicyclic) bond motifs is 5. The Hall–Kier alpha value is -8.77. The molecule has 0 saturated carbocycles. The zero-order valence-corrected chi connectivity index (χ0v) is 70.7. The van der Waals surface area contributed by atoms with Crippen LogP contribution in [0.1, 0.15) is 229 Å². The second kappa shape index (κ2) is 55.0. The minimum atomic E-state index is -3.93. The normalized spacial score (nSPS) is 14.6. The van der Waals surface area contributed by atoms with Crippen molar-refractivity contribution in [2.24, 2.45) is 16.8 Å². The summed E-state index contributed by atoms with van der Waals surface area (Å²) < 4.78 is 98.6. The van der Waals surface area contributed by atoms with E-state index in [2.05, 4.69) is 28.0 Å². The number of ketones is 2. The van der Waals surface area contributed by atoms with Crippen LogP contribution in [0.3, 0.4) is 0 Å². The molecule has 0 saturated heterocycles. The summed E-state index contributed by atoms with van der Waals surface area (Å²) in [5.41, 5.74) is 4.38. The van der Waals surface area contributed by atoms with Gasteiger partial charge < -0.3 is 61.4 Å². The number of amides is 8. The molecule has 660 valence electrons. The first-order chi connectivity index (χ1) is 51.8. The Morgan fingerprint density at radius 2 is 1.03 bits per heavy atom. The van der Waals surface area contributed by atoms with Crippen LogP contribution in [0.25, 0.3) is 11.1 Å². The molecule has 3 rings (SSSR count). The van der Waals surface area contributed by atoms with E-state index in [1.807, 2.05) is 0 Å². The summed E-state index contributed by atoms with van der Waals surface area (Å²) >= 11 is 0. The predicted molar refractivity (Wildman–Crippen MR) is 432 cm³/mol. The maximum atomic E-state index is 14.2. The van der Waals surface area contributed by atoms with Gasteiger partial charge in [-0.2, -0.15) is 0 Å². The lowest BCUT2D eigenvalue weighted by atomic mass is 9.89. The number of nitrogens with one attached hydrogen (secondary N) is 6. The number of benzene rings is 2. The third kappa shape index (κ3) is 56.2. The number of phenols is 2. The number of rotatable bonds is 36. The number of aromatic hydroxyl groups is 2. The Kier molecular flexibility index (Phi) is 53.8. The van der Waals surface area contributed by atoms with Crippen molar-refractivity contribution < 1.29 is 126 Å². The Morgan fingerprint density at radius 1 is 0.600 bits per heavy atom. The van der Waals surface area contributed by atoms with Crippen molar-refractivity contribution in [3.05, 3.63) is 47.5 Å². The minimum absolute atomic E-state index is 0. The lowest BCUT2D eigenvalue weighted by Gasteiger charge is -2.30. The zero-order valence-electron chi connectivity index (χ0n) is 67.4. The van der Waals surface area contributed by atoms with Gasteiger partial charge in [-0.05, 0) is 90.3 Å². The number of phenolic OH excluding ortho intramolecular Hbond substituents is 2. The number of nitrogens with two attached hydrogens (primary N) is 2. The fourth-order valence-electron chi connectivity index (χ4n) is 10.2. The van der Waals surface area contributed by atoms with E-state index in [1.54, 1.807) is 55.7 Å². The summed E-state index contributed by atoms with van der Waals surface area (Å²) in [6, 6.07) is 3.18. The summed E-state index contributed by atoms with van der Waals surface area (Å²) in [5.74, 6) is -10.7. The molecule has 0 unspecified atom stereocenters. The number of hydrogen-bond acceptors (Lipinski definition) is 27. The monoisotopic (exact) mass is 1720 g/mol. The second-order valence-electron chi connectivity index (χ2n) is 29.0. The molecule has 14 N–H and O–H groups in total. The van der Waals surface area contributed by atoms with Gasteiger partial charge in [-0.15, -0.1) is 0 Å². The number of hydrogen-bond donors (Lipinski definition) is 12. The van der Waals surface area contributed by atoms with E-state index in [0.717, 1.165) is 49.2 Å². The smallest absolute Gasteiger partial charge is 0.306 e. The van der Waals surface area contributed by atoms with Gasteiger partial charge in [-0.25, -0.2) is 38.8 Å². The van der Waals surface area contributed by atoms with E-state index in [0.29, 0.717) is 12.0 Å². The standard InChI is InChI=1S/C51H76N6O13S.C9H17NO5S.C8H14O4.C3H8N2O3S.CH5NO2S.2CH4/c1-7-8-9-10-11-12-13-14-15-16-17-18-19-20-46(64)56(4)40(32-58)51(68)53-34(3)41(59)25-26-47(65)57(5)48-36-22-24-43(61)38(30-36)37-28-35(21-23-42(37)60)29-39(54-49(66)33(2)27-44(48)62)50(67)52-31-45(63)55-71(6,69)70;1-9(2,3)15-8(12)6-5-7(11)10-16(4,13)14;1-8(2,3)12-7(11)5-4-6(9)10;1-9(7,8)5-3(6)2-4;1-5(2,3)4;;/h21-24,28,30,33-34,39-40,48,58,60-61H,7-20,25-27,29,31-32H2,1-6H3,(H,52,67)(H,53,68)(H,54,66)(H,55,63);5-6H2,1-4H3,(H,10,11);4-5H2,1-3H3,(H,9,10);2,4H2,1H3,(H,5,6);1H3,(H2,2,3,4);2*1H4/t33-,34-,39+,40-,48+;;;;;;/m1....../s1. The first-order valence-corrected chi connectivity index (χ1v) is 44.0. The zero-order chi connectivity index (χ0) is 87.6. The number of carboxylic acids is 1. The van der Waals surface area contributed by atoms with Gasteiger partial charge in [0.05, 0.1) is 70.0 Å². The van der Waals surface area contributed by atoms with Crippen LogP contribution in [0.15, 0.2) is 36.4 Å². The van der Waals surface area contributed by atoms with Crippen molar-refractivity contribution in [3.63, 3.8) is 0 Å². The van der Waals surface area contributed by atoms with Crippen LogP contribution in [0, 0.1) is 5.92 Å². The SMILES string of the molecule is C.C.CC(C)(C)OC(=O)CCC(=O)NS(C)(=O)=O.CC(C)(C)OC(=O)CCC(=O)O.CCCCCCCCCCCCCCCC(=O)N(C)[C@H](CO)C(=O)N[C@H](C)C(=O)CCC(=O)N(C)[C@@H]1C(=O)C[C@@H](C)C(=O)N[C@H](C(=O)NCC(=O)NS(C)(=O)=O)Cc2ccc(O)c(c2)-c2cc1ccc2O.CS(=O)(=O)NC(=O)CN.CS(N)(=O)=O. The number of carbonyl (C=O) groups is 13. The van der Waals surface area contributed by atoms with E-state index in [-0.39, 0.29) is 100 Å². The van der Waals surface area contributed by atoms with E-state index >= 15 is 0 Å². The van der Waals surface area contributed by atoms with Crippen molar-refractivity contribution >= 4 is 117 Å². The molecule has 2 aromatic rings. The average molecular weight is 1720 g/mol. The Morgan fingerprint density at radius 3 is 1.47 bits per heavy atom. The number of aliphatic hydroxyl groups is 1. The van der Waals surface area contributed by atoms with Gasteiger partial charge in [0.25, 0.3) is 5.91 Å². The molecule has 1 aliphatic heterocycles. The third-order valence-corrected chi connectivity index (χ3v) is 17.3. The number of carbonyl (C=O) groups excluding carboxylic acids is 12. The highest BCUT2D eigenvalue weighted by Gasteiger charge is 2.35. The van der Waals surface area contributed by atoms with Gasteiger partial charge in [0, 0.05) is 69.7 Å². The molecule has 0 radical (unpaired) electrons. The lowest BCUT2D eigenvalue weighted by molar-refractivity contribution is -0.157. The van der Waals surface area contributed by atoms with E-state index in [4.69, 9.17) is 20.3 Å². The number of likely N-dealkylation sites (N-methyl/N-ethyl adjacent to an activating group) is 2. The van der Waals surface area contributed by atoms with E-state index < -0.39 is 178 Å². The van der Waals surface area contributed by atoms with Crippen LogP contribution in [-0.4, -0.2) is 229 Å². The lowest BCUT2D eigenvalue weighted by Crippen LogP contribution is -2.53. The molecule has 0 spiro atoms. The number of primary sulfonamides is 1. The molecule has 1 aliphatic rings. The number of ether oxygens (including phenoxy) is 2. The molecular formula is C74H128N10O27S4. The first kappa shape index (κ1) is 113. The molecule has 5 atom stereocenters. The van der Waals surface area contributed by atoms with Crippen molar-refractivity contribution in [1.82, 2.24) is 39.9 Å². The van der Waals surface area contributed by atoms with E-state index in [9.17, 15) is 111 Å². The molecule has 41 heteroatoms. The quantitative estimate of drug-likeness (QED) is 0.0341. The molecule has 0 aromatic heterocycles. The number of aliphatic hydroxyl groups excluding tert-OH is 1. The summed E-state index contributed by atoms with van der Waals surface area (Å²) in [5, 5.41) is 52.1. The highest BCUT2D eigenvalue weighted by Crippen LogP contribution is 2.39. The third-order valence-electron chi connectivity index (χ3n) is 15.5. The number of carboxylic acid groups (broad SMARTS) is 1. The molecule has 4 bridgehead atoms. The molecule has 115 heavy (non-hydrogen) atoms. The second-order valence-corrected chi connectivity index (χ2v) is 35.9. The van der Waals surface area contributed by atoms with Crippen LogP contribution >= 0.6 is 0 Å². The Labute approximate surface area is 678 Å². The van der Waals surface area contributed by atoms with Crippen molar-refractivity contribution in [3.8, 4) is 22.6 Å². The number of esters is 2. The average Bonchev–Trinajstić information content (AvgIpc) is 0.786. The maximum Gasteiger partial charge on any atom is 0.306 e. The van der Waals surface area contributed by atoms with Gasteiger partial charge in [-0.3, -0.25) is 76.5 Å². The molecule has 8 amide bonds. The molecule has 37 nitrogen and oxygen atoms in total. The van der Waals surface area contributed by atoms with Gasteiger partial charge in [0.15, 0.2) is 11.6 Å². The van der Waals surface area contributed by atoms with Gasteiger partial charge in [0.1, 0.15) is 40.8 Å². The Bertz CT molecular complexity index is 3990. The molecule has 1 heterocycles. The topological polar surface area (TPSA) is 589 Å². The highest BCUT2D eigenvalue weighted by molar-refractivity contribution is 7.89. The van der Waals surface area contributed by atoms with E-state index in [1.165, 1.54) is 127 Å². The predicted octanol–water partition coefficient (Wildman–Crippen LogP) is 3.82. The number of aliphatic carboxylic acids is 1. The number of sulfonamides is 4. The van der Waals surface area contributed by atoms with Crippen molar-refractivity contribution in [2.75, 3.05) is 58.8 Å². The van der Waals surface area contributed by atoms with Crippen LogP contribution in [0.4, 0.5) is 0 Å². The fraction of sp³-hybridized carbons (Fsp3) is 0.662. The summed E-state index contributed by atoms with van der Waals surface area (Å²) in [6.45, 7) is 13.7. The van der Waals surface area contributed by atoms with Crippen LogP contribution in [0.5, 0.6) is 11.5 Å². The molecule has 0 fully saturated rings. The van der Waals surface area contributed by atoms with Gasteiger partial charge in [0.2, 0.25) is 81.4 Å². The largest absolute Gasteiger partial charge is 0.507 e. The van der Waals surface area contributed by atoms with Gasteiger partial charge in [-0.1, -0.05) is 118 Å². The highest BCUT2D eigenvalue weighted by atomic mass is 32.2. The fourth-order valence-corrected chi connectivity index (χ4v) is 11.7. The number of Topliss-reactive ketones (excluding diaryl/α,β-unsaturated/α-hetero) is 2. The summed E-state index contributed by atoms with van der Waals surface area (Å²) in [4.78, 5) is 162. The number of unbranched alkanes of at least 4 members (excludes halogenated alkanes) is 12. The Balaban J connectivity index is -0.00000113. The molecule has 2 aromatic carbocycles. The minimum Gasteiger partial charge on any atom is -0.507 e. The molecular weight excluding hydrogens is 1590 g/mol. The van der Waals surface area contributed by atoms with Crippen LogP contribution in [-0.2, 0) is 118 Å². The van der Waals surface area contributed by atoms with Crippen LogP contribution < -0.4 is 41.0 Å².